The molecule has 1 aliphatic carbocycles. The number of hydrogen-bond donors (Lipinski definition) is 3. The highest BCUT2D eigenvalue weighted by Gasteiger charge is 2.37. The number of carbonyl (C=O) groups is 1. The molecule has 1 fully saturated rings. The first-order valence-corrected chi connectivity index (χ1v) is 12.3. The van der Waals surface area contributed by atoms with Crippen LogP contribution in [0.25, 0.3) is 27.7 Å². The van der Waals surface area contributed by atoms with Crippen molar-refractivity contribution in [3.63, 3.8) is 0 Å². The number of anilines is 1. The number of alkyl halides is 3. The van der Waals surface area contributed by atoms with Crippen molar-refractivity contribution in [2.24, 2.45) is 0 Å². The Morgan fingerprint density at radius 2 is 2.05 bits per heavy atom. The molecule has 0 aliphatic heterocycles. The first-order chi connectivity index (χ1) is 17.7. The second kappa shape index (κ2) is 10.0. The molecule has 0 saturated heterocycles. The quantitative estimate of drug-likeness (QED) is 0.329. The maximum atomic E-state index is 12.9. The standard InChI is InChI=1S/C25H28F3N7O2/c1-3-37-17-6-4-16(5-7-17)33-24-30-12-19-18(11-29-22(19)34-24)15-8-9-35-21(10-15)20(13-31-35)23(36)32-14(2)25(26,27)28/h8-14,16-17H,3-7H2,1-2H3,(H,32,36)(H2,29,30,33,34). The lowest BCUT2D eigenvalue weighted by atomic mass is 9.93. The Morgan fingerprint density at radius 3 is 2.78 bits per heavy atom. The number of amides is 1. The number of halogens is 3. The monoisotopic (exact) mass is 515 g/mol. The second-order valence-corrected chi connectivity index (χ2v) is 9.27. The number of carbonyl (C=O) groups excluding carboxylic acids is 1. The lowest BCUT2D eigenvalue weighted by molar-refractivity contribution is -0.149. The van der Waals surface area contributed by atoms with Gasteiger partial charge in [-0.05, 0) is 57.2 Å². The van der Waals surface area contributed by atoms with Crippen LogP contribution in [-0.2, 0) is 4.74 Å². The fourth-order valence-corrected chi connectivity index (χ4v) is 4.69. The fraction of sp³-hybridized carbons (Fsp3) is 0.440. The van der Waals surface area contributed by atoms with E-state index >= 15 is 0 Å². The summed E-state index contributed by atoms with van der Waals surface area (Å²) in [5, 5.41) is 10.3. The predicted molar refractivity (Wildman–Crippen MR) is 132 cm³/mol. The Hall–Kier alpha value is -3.67. The lowest BCUT2D eigenvalue weighted by Gasteiger charge is -2.28. The van der Waals surface area contributed by atoms with Crippen molar-refractivity contribution >= 4 is 28.4 Å². The van der Waals surface area contributed by atoms with E-state index in [-0.39, 0.29) is 11.6 Å². The Balaban J connectivity index is 1.35. The maximum absolute atomic E-state index is 12.9. The van der Waals surface area contributed by atoms with E-state index < -0.39 is 18.1 Å². The topological polar surface area (TPSA) is 109 Å². The number of H-pyrrole nitrogens is 1. The summed E-state index contributed by atoms with van der Waals surface area (Å²) in [6.45, 7) is 3.65. The third kappa shape index (κ3) is 5.24. The van der Waals surface area contributed by atoms with Crippen LogP contribution in [0.15, 0.2) is 36.9 Å². The Kier molecular flexibility index (Phi) is 6.76. The van der Waals surface area contributed by atoms with Gasteiger partial charge in [-0.25, -0.2) is 9.50 Å². The minimum absolute atomic E-state index is 0.0552. The van der Waals surface area contributed by atoms with Crippen LogP contribution in [0, 0.1) is 0 Å². The minimum atomic E-state index is -4.54. The second-order valence-electron chi connectivity index (χ2n) is 9.27. The van der Waals surface area contributed by atoms with Gasteiger partial charge in [0.1, 0.15) is 11.7 Å². The predicted octanol–water partition coefficient (Wildman–Crippen LogP) is 4.71. The molecule has 5 rings (SSSR count). The summed E-state index contributed by atoms with van der Waals surface area (Å²) >= 11 is 0. The van der Waals surface area contributed by atoms with E-state index in [2.05, 4.69) is 25.4 Å². The van der Waals surface area contributed by atoms with Gasteiger partial charge in [0.25, 0.3) is 5.91 Å². The van der Waals surface area contributed by atoms with Crippen LogP contribution in [0.5, 0.6) is 0 Å². The number of nitrogens with one attached hydrogen (secondary N) is 3. The van der Waals surface area contributed by atoms with E-state index in [0.29, 0.717) is 23.2 Å². The van der Waals surface area contributed by atoms with Crippen molar-refractivity contribution in [2.45, 2.75) is 63.9 Å². The van der Waals surface area contributed by atoms with Crippen molar-refractivity contribution in [3.05, 3.63) is 42.5 Å². The van der Waals surface area contributed by atoms with Crippen LogP contribution in [0.1, 0.15) is 49.9 Å². The van der Waals surface area contributed by atoms with Gasteiger partial charge in [-0.1, -0.05) is 0 Å². The molecule has 0 aromatic carbocycles. The molecule has 1 saturated carbocycles. The molecule has 196 valence electrons. The molecular formula is C25H28F3N7O2. The van der Waals surface area contributed by atoms with Crippen LogP contribution in [0.3, 0.4) is 0 Å². The molecule has 4 aromatic rings. The van der Waals surface area contributed by atoms with Crippen LogP contribution in [-0.4, -0.2) is 61.4 Å². The number of nitrogens with zero attached hydrogens (tertiary/aromatic N) is 4. The smallest absolute Gasteiger partial charge is 0.379 e. The highest BCUT2D eigenvalue weighted by molar-refractivity contribution is 6.02. The minimum Gasteiger partial charge on any atom is -0.379 e. The third-order valence-corrected chi connectivity index (χ3v) is 6.76. The van der Waals surface area contributed by atoms with Crippen molar-refractivity contribution in [1.82, 2.24) is 29.9 Å². The summed E-state index contributed by atoms with van der Waals surface area (Å²) in [7, 11) is 0. The Morgan fingerprint density at radius 1 is 1.27 bits per heavy atom. The largest absolute Gasteiger partial charge is 0.408 e. The summed E-state index contributed by atoms with van der Waals surface area (Å²) in [5.74, 6) is -0.296. The number of ether oxygens (including phenoxy) is 1. The molecule has 12 heteroatoms. The van der Waals surface area contributed by atoms with E-state index in [9.17, 15) is 18.0 Å². The first-order valence-electron chi connectivity index (χ1n) is 12.3. The molecule has 37 heavy (non-hydrogen) atoms. The van der Waals surface area contributed by atoms with E-state index in [1.165, 1.54) is 10.7 Å². The van der Waals surface area contributed by atoms with E-state index in [1.807, 2.05) is 18.3 Å². The van der Waals surface area contributed by atoms with Gasteiger partial charge in [0, 0.05) is 42.2 Å². The van der Waals surface area contributed by atoms with Gasteiger partial charge in [0.2, 0.25) is 5.95 Å². The zero-order chi connectivity index (χ0) is 26.2. The first kappa shape index (κ1) is 25.0. The summed E-state index contributed by atoms with van der Waals surface area (Å²) in [6, 6.07) is 1.83. The average molecular weight is 516 g/mol. The maximum Gasteiger partial charge on any atom is 0.408 e. The fourth-order valence-electron chi connectivity index (χ4n) is 4.69. The van der Waals surface area contributed by atoms with Crippen LogP contribution in [0.2, 0.25) is 0 Å². The average Bonchev–Trinajstić information content (AvgIpc) is 3.48. The van der Waals surface area contributed by atoms with Crippen molar-refractivity contribution in [3.8, 4) is 11.1 Å². The summed E-state index contributed by atoms with van der Waals surface area (Å²) in [5.41, 5.74) is 2.65. The van der Waals surface area contributed by atoms with Gasteiger partial charge in [-0.2, -0.15) is 23.3 Å². The molecule has 0 spiro atoms. The van der Waals surface area contributed by atoms with Gasteiger partial charge in [0.15, 0.2) is 0 Å². The molecule has 0 bridgehead atoms. The summed E-state index contributed by atoms with van der Waals surface area (Å²) in [6.07, 6.45) is 6.23. The van der Waals surface area contributed by atoms with E-state index in [4.69, 9.17) is 4.74 Å². The molecule has 1 unspecified atom stereocenters. The van der Waals surface area contributed by atoms with Gasteiger partial charge < -0.3 is 20.4 Å². The highest BCUT2D eigenvalue weighted by atomic mass is 19.4. The Labute approximate surface area is 210 Å². The molecule has 1 atom stereocenters. The number of rotatable bonds is 7. The highest BCUT2D eigenvalue weighted by Crippen LogP contribution is 2.30. The van der Waals surface area contributed by atoms with E-state index in [1.54, 1.807) is 24.7 Å². The normalized spacial score (nSPS) is 19.3. The summed E-state index contributed by atoms with van der Waals surface area (Å²) in [4.78, 5) is 24.8. The number of pyridine rings is 1. The summed E-state index contributed by atoms with van der Waals surface area (Å²) < 4.78 is 45.9. The molecule has 0 radical (unpaired) electrons. The van der Waals surface area contributed by atoms with Gasteiger partial charge in [-0.15, -0.1) is 0 Å². The van der Waals surface area contributed by atoms with Crippen LogP contribution >= 0.6 is 0 Å². The van der Waals surface area contributed by atoms with Crippen molar-refractivity contribution in [1.29, 1.82) is 0 Å². The Bertz CT molecular complexity index is 1410. The molecule has 1 amide bonds. The van der Waals surface area contributed by atoms with Gasteiger partial charge in [-0.3, -0.25) is 4.79 Å². The zero-order valence-electron chi connectivity index (χ0n) is 20.5. The van der Waals surface area contributed by atoms with Crippen LogP contribution < -0.4 is 10.6 Å². The zero-order valence-corrected chi connectivity index (χ0v) is 20.5. The van der Waals surface area contributed by atoms with Crippen LogP contribution in [0.4, 0.5) is 19.1 Å². The number of fused-ring (bicyclic) bond motifs is 2. The SMILES string of the molecule is CCOC1CCC(Nc2ncc3c(-c4ccn5ncc(C(=O)NC(C)C(F)(F)F)c5c4)c[nH]c3n2)CC1. The molecule has 4 heterocycles. The number of hydrogen-bond acceptors (Lipinski definition) is 6. The number of aromatic nitrogens is 5. The van der Waals surface area contributed by atoms with E-state index in [0.717, 1.165) is 55.7 Å². The van der Waals surface area contributed by atoms with Gasteiger partial charge >= 0.3 is 6.18 Å². The van der Waals surface area contributed by atoms with Gasteiger partial charge in [0.05, 0.1) is 23.4 Å². The molecule has 9 nitrogen and oxygen atoms in total. The molecular weight excluding hydrogens is 487 g/mol. The third-order valence-electron chi connectivity index (χ3n) is 6.76. The molecule has 1 aliphatic rings. The van der Waals surface area contributed by atoms with Crippen molar-refractivity contribution in [2.75, 3.05) is 11.9 Å². The molecule has 3 N–H and O–H groups in total. The number of aromatic amines is 1. The molecule has 4 aromatic heterocycles. The lowest BCUT2D eigenvalue weighted by Crippen LogP contribution is -2.43. The van der Waals surface area contributed by atoms with Crippen molar-refractivity contribution < 1.29 is 22.7 Å².